The van der Waals surface area contributed by atoms with Gasteiger partial charge < -0.3 is 9.64 Å². The summed E-state index contributed by atoms with van der Waals surface area (Å²) in [7, 11) is 0. The molecule has 0 aliphatic carbocycles. The molecule has 2 aliphatic heterocycles. The third kappa shape index (κ3) is 2.38. The van der Waals surface area contributed by atoms with E-state index in [-0.39, 0.29) is 24.0 Å². The molecule has 0 spiro atoms. The van der Waals surface area contributed by atoms with Crippen molar-refractivity contribution < 1.29 is 14.3 Å². The Morgan fingerprint density at radius 3 is 2.84 bits per heavy atom. The first-order valence-corrected chi connectivity index (χ1v) is 9.78. The number of benzene rings is 1. The summed E-state index contributed by atoms with van der Waals surface area (Å²) >= 11 is 1.43. The summed E-state index contributed by atoms with van der Waals surface area (Å²) in [5.41, 5.74) is 0.306. The van der Waals surface area contributed by atoms with E-state index in [1.54, 1.807) is 0 Å². The molecule has 132 valence electrons. The highest BCUT2D eigenvalue weighted by atomic mass is 32.1. The van der Waals surface area contributed by atoms with Crippen molar-refractivity contribution in [1.29, 1.82) is 0 Å². The molecule has 5 nitrogen and oxygen atoms in total. The second-order valence-electron chi connectivity index (χ2n) is 6.88. The topological polar surface area (TPSA) is 59.5 Å². The van der Waals surface area contributed by atoms with Gasteiger partial charge in [0, 0.05) is 12.1 Å². The van der Waals surface area contributed by atoms with E-state index in [1.165, 1.54) is 11.3 Å². The molecule has 3 atom stereocenters. The molecule has 4 rings (SSSR count). The monoisotopic (exact) mass is 358 g/mol. The van der Waals surface area contributed by atoms with Gasteiger partial charge in [-0.3, -0.25) is 9.59 Å². The van der Waals surface area contributed by atoms with Crippen LogP contribution in [0.3, 0.4) is 0 Å². The lowest BCUT2D eigenvalue weighted by molar-refractivity contribution is -0.157. The molecule has 2 bridgehead atoms. The summed E-state index contributed by atoms with van der Waals surface area (Å²) < 4.78 is 6.38. The van der Waals surface area contributed by atoms with Crippen LogP contribution in [0.15, 0.2) is 24.3 Å². The molecule has 0 saturated carbocycles. The fourth-order valence-corrected chi connectivity index (χ4v) is 5.49. The first-order valence-electron chi connectivity index (χ1n) is 8.96. The minimum atomic E-state index is -0.550. The second kappa shape index (κ2) is 6.09. The number of carbonyl (C=O) groups excluding carboxylic acids is 2. The van der Waals surface area contributed by atoms with Gasteiger partial charge in [-0.1, -0.05) is 19.1 Å². The number of aromatic nitrogens is 1. The fourth-order valence-electron chi connectivity index (χ4n) is 4.58. The van der Waals surface area contributed by atoms with E-state index in [2.05, 4.69) is 4.98 Å². The predicted molar refractivity (Wildman–Crippen MR) is 96.6 cm³/mol. The Hall–Kier alpha value is -1.95. The van der Waals surface area contributed by atoms with Crippen molar-refractivity contribution >= 4 is 33.4 Å². The molecule has 0 unspecified atom stereocenters. The van der Waals surface area contributed by atoms with E-state index >= 15 is 0 Å². The maximum absolute atomic E-state index is 13.2. The third-order valence-corrected chi connectivity index (χ3v) is 6.79. The molecule has 1 aromatic carbocycles. The zero-order chi connectivity index (χ0) is 17.6. The number of hydrogen-bond donors (Lipinski definition) is 0. The normalized spacial score (nSPS) is 27.8. The molecular weight excluding hydrogens is 336 g/mol. The smallest absolute Gasteiger partial charge is 0.314 e. The van der Waals surface area contributed by atoms with Gasteiger partial charge in [0.25, 0.3) is 5.91 Å². The van der Waals surface area contributed by atoms with Crippen LogP contribution in [0.1, 0.15) is 49.3 Å². The van der Waals surface area contributed by atoms with Crippen molar-refractivity contribution in [3.05, 3.63) is 29.3 Å². The van der Waals surface area contributed by atoms with Gasteiger partial charge in [-0.25, -0.2) is 4.98 Å². The molecule has 2 fully saturated rings. The van der Waals surface area contributed by atoms with E-state index in [0.717, 1.165) is 23.1 Å². The van der Waals surface area contributed by atoms with E-state index < -0.39 is 5.41 Å². The maximum Gasteiger partial charge on any atom is 0.314 e. The van der Waals surface area contributed by atoms with Crippen LogP contribution in [-0.4, -0.2) is 40.5 Å². The lowest BCUT2D eigenvalue weighted by atomic mass is 9.72. The Kier molecular flexibility index (Phi) is 4.02. The highest BCUT2D eigenvalue weighted by Crippen LogP contribution is 2.53. The lowest BCUT2D eigenvalue weighted by Crippen LogP contribution is -2.45. The van der Waals surface area contributed by atoms with Crippen LogP contribution >= 0.6 is 11.3 Å². The van der Waals surface area contributed by atoms with Gasteiger partial charge in [0.2, 0.25) is 0 Å². The Labute approximate surface area is 151 Å². The summed E-state index contributed by atoms with van der Waals surface area (Å²) in [5, 5.41) is 0.522. The Morgan fingerprint density at radius 1 is 1.32 bits per heavy atom. The minimum absolute atomic E-state index is 0.0340. The fraction of sp³-hybridized carbons (Fsp3) is 0.526. The average Bonchev–Trinajstić information content (AvgIpc) is 3.32. The highest BCUT2D eigenvalue weighted by Gasteiger charge is 2.61. The number of esters is 1. The molecule has 1 aromatic heterocycles. The largest absolute Gasteiger partial charge is 0.466 e. The maximum atomic E-state index is 13.2. The highest BCUT2D eigenvalue weighted by molar-refractivity contribution is 7.20. The SMILES string of the molecule is CCOC(=O)[C@@]1(CC)C[C@H]2CC[C@@H]1N2C(=O)c1nc2ccccc2s1. The van der Waals surface area contributed by atoms with Gasteiger partial charge >= 0.3 is 5.97 Å². The molecule has 0 N–H and O–H groups in total. The predicted octanol–water partition coefficient (Wildman–Crippen LogP) is 3.63. The number of rotatable bonds is 4. The van der Waals surface area contributed by atoms with Crippen LogP contribution in [0.25, 0.3) is 10.2 Å². The van der Waals surface area contributed by atoms with Crippen LogP contribution in [0.4, 0.5) is 0 Å². The number of thiazole rings is 1. The number of carbonyl (C=O) groups is 2. The average molecular weight is 358 g/mol. The summed E-state index contributed by atoms with van der Waals surface area (Å²) in [6.45, 7) is 4.24. The Balaban J connectivity index is 1.66. The summed E-state index contributed by atoms with van der Waals surface area (Å²) in [5.74, 6) is -0.180. The molecule has 2 aromatic rings. The van der Waals surface area contributed by atoms with E-state index in [0.29, 0.717) is 24.5 Å². The van der Waals surface area contributed by atoms with Gasteiger partial charge in [-0.2, -0.15) is 0 Å². The van der Waals surface area contributed by atoms with Crippen LogP contribution < -0.4 is 0 Å². The lowest BCUT2D eigenvalue weighted by Gasteiger charge is -2.33. The molecule has 25 heavy (non-hydrogen) atoms. The van der Waals surface area contributed by atoms with Crippen molar-refractivity contribution in [1.82, 2.24) is 9.88 Å². The van der Waals surface area contributed by atoms with Crippen molar-refractivity contribution in [2.75, 3.05) is 6.61 Å². The van der Waals surface area contributed by atoms with E-state index in [9.17, 15) is 9.59 Å². The summed E-state index contributed by atoms with van der Waals surface area (Å²) in [6.07, 6.45) is 3.25. The van der Waals surface area contributed by atoms with Gasteiger partial charge in [0.05, 0.1) is 22.2 Å². The number of nitrogens with zero attached hydrogens (tertiary/aromatic N) is 2. The number of amides is 1. The van der Waals surface area contributed by atoms with Gasteiger partial charge in [-0.15, -0.1) is 11.3 Å². The third-order valence-electron chi connectivity index (χ3n) is 5.76. The van der Waals surface area contributed by atoms with Crippen LogP contribution in [-0.2, 0) is 9.53 Å². The number of fused-ring (bicyclic) bond motifs is 3. The van der Waals surface area contributed by atoms with Gasteiger partial charge in [0.15, 0.2) is 5.01 Å². The molecular formula is C19H22N2O3S. The minimum Gasteiger partial charge on any atom is -0.466 e. The Morgan fingerprint density at radius 2 is 2.12 bits per heavy atom. The Bertz CT molecular complexity index is 800. The summed E-state index contributed by atoms with van der Waals surface area (Å²) in [4.78, 5) is 32.3. The van der Waals surface area contributed by atoms with Gasteiger partial charge in [-0.05, 0) is 44.7 Å². The standard InChI is InChI=1S/C19H22N2O3S/c1-3-19(18(23)24-4-2)11-12-9-10-15(19)21(12)17(22)16-20-13-7-5-6-8-14(13)25-16/h5-8,12,15H,3-4,9-11H2,1-2H3/t12-,15+,19+/m1/s1. The summed E-state index contributed by atoms with van der Waals surface area (Å²) in [6, 6.07) is 7.85. The molecule has 1 amide bonds. The zero-order valence-corrected chi connectivity index (χ0v) is 15.3. The van der Waals surface area contributed by atoms with Crippen LogP contribution in [0, 0.1) is 5.41 Å². The number of para-hydroxylation sites is 1. The van der Waals surface area contributed by atoms with Crippen molar-refractivity contribution in [2.45, 2.75) is 51.6 Å². The van der Waals surface area contributed by atoms with Gasteiger partial charge in [0.1, 0.15) is 0 Å². The number of ether oxygens (including phenoxy) is 1. The molecule has 6 heteroatoms. The van der Waals surface area contributed by atoms with E-state index in [4.69, 9.17) is 4.74 Å². The molecule has 2 saturated heterocycles. The first-order chi connectivity index (χ1) is 12.1. The first kappa shape index (κ1) is 16.5. The van der Waals surface area contributed by atoms with Crippen molar-refractivity contribution in [3.8, 4) is 0 Å². The number of hydrogen-bond acceptors (Lipinski definition) is 5. The van der Waals surface area contributed by atoms with Crippen molar-refractivity contribution in [2.24, 2.45) is 5.41 Å². The van der Waals surface area contributed by atoms with E-state index in [1.807, 2.05) is 43.0 Å². The zero-order valence-electron chi connectivity index (χ0n) is 14.5. The quantitative estimate of drug-likeness (QED) is 0.783. The molecule has 2 aliphatic rings. The molecule has 0 radical (unpaired) electrons. The molecule has 3 heterocycles. The second-order valence-corrected chi connectivity index (χ2v) is 7.91. The van der Waals surface area contributed by atoms with Crippen molar-refractivity contribution in [3.63, 3.8) is 0 Å². The van der Waals surface area contributed by atoms with Crippen LogP contribution in [0.5, 0.6) is 0 Å². The van der Waals surface area contributed by atoms with Crippen LogP contribution in [0.2, 0.25) is 0 Å².